The van der Waals surface area contributed by atoms with E-state index in [1.807, 2.05) is 12.2 Å². The fourth-order valence-corrected chi connectivity index (χ4v) is 6.14. The standard InChI is InChI=1S/C37H68O14P2/c1-4-5-18-24-33(38)25-20-15-11-7-6-8-12-17-22-27-37(41)51-35(31-50-53(45,46)49-29-34(39)28-48-52(42,43)44)30-47-36(40)26-21-16-13-9-10-14-19-23-32(2)3/h11,15,20,25,32,34-35,39H,4-10,12-14,16-19,21-24,26-31H2,1-3H3,(H,45,46)(H2,42,43,44)/b15-11-,25-20+/t34-,35+/m0/s1. The van der Waals surface area contributed by atoms with E-state index in [2.05, 4.69) is 29.8 Å². The molecule has 0 fully saturated rings. The van der Waals surface area contributed by atoms with Crippen LogP contribution in [0.4, 0.5) is 0 Å². The Balaban J connectivity index is 4.64. The van der Waals surface area contributed by atoms with Gasteiger partial charge < -0.3 is 29.3 Å². The molecule has 0 saturated carbocycles. The van der Waals surface area contributed by atoms with Gasteiger partial charge in [0, 0.05) is 19.3 Å². The number of phosphoric acid groups is 2. The maximum atomic E-state index is 12.6. The van der Waals surface area contributed by atoms with Crippen molar-refractivity contribution in [1.29, 1.82) is 0 Å². The van der Waals surface area contributed by atoms with Gasteiger partial charge in [-0.25, -0.2) is 9.13 Å². The van der Waals surface area contributed by atoms with Crippen molar-refractivity contribution in [3.63, 3.8) is 0 Å². The summed E-state index contributed by atoms with van der Waals surface area (Å²) in [5, 5.41) is 9.70. The van der Waals surface area contributed by atoms with Gasteiger partial charge in [-0.3, -0.25) is 28.0 Å². The molecule has 0 aliphatic carbocycles. The third kappa shape index (κ3) is 37.0. The molecule has 0 radical (unpaired) electrons. The Morgan fingerprint density at radius 2 is 1.19 bits per heavy atom. The second-order valence-corrected chi connectivity index (χ2v) is 16.4. The third-order valence-corrected chi connectivity index (χ3v) is 9.42. The predicted molar refractivity (Wildman–Crippen MR) is 203 cm³/mol. The molecule has 1 unspecified atom stereocenters. The number of ketones is 1. The van der Waals surface area contributed by atoms with Gasteiger partial charge in [-0.05, 0) is 44.1 Å². The molecule has 16 heteroatoms. The molecule has 0 rings (SSSR count). The number of esters is 2. The molecule has 0 aromatic rings. The molecule has 0 spiro atoms. The molecule has 0 heterocycles. The number of carbonyl (C=O) groups excluding carboxylic acids is 3. The Labute approximate surface area is 317 Å². The first kappa shape index (κ1) is 51.3. The van der Waals surface area contributed by atoms with E-state index in [9.17, 15) is 33.5 Å². The molecule has 0 aliphatic rings. The van der Waals surface area contributed by atoms with Gasteiger partial charge >= 0.3 is 27.6 Å². The number of carbonyl (C=O) groups is 3. The van der Waals surface area contributed by atoms with E-state index in [-0.39, 0.29) is 18.6 Å². The SMILES string of the molecule is CCCCCC(=O)/C=C/C=C\CCCCCCCC(=O)O[C@H](COC(=O)CCCCCCCCCC(C)C)COP(=O)(O)OC[C@@H](O)COP(=O)(O)O. The monoisotopic (exact) mass is 798 g/mol. The summed E-state index contributed by atoms with van der Waals surface area (Å²) in [6.45, 7) is 3.76. The Morgan fingerprint density at radius 3 is 1.81 bits per heavy atom. The number of unbranched alkanes of at least 4 members (excludes halogenated alkanes) is 13. The molecule has 0 aromatic heterocycles. The summed E-state index contributed by atoms with van der Waals surface area (Å²) in [7, 11) is -9.68. The zero-order valence-electron chi connectivity index (χ0n) is 32.3. The molecule has 0 aliphatic heterocycles. The summed E-state index contributed by atoms with van der Waals surface area (Å²) in [6.07, 6.45) is 21.9. The molecule has 3 atom stereocenters. The molecule has 0 aromatic carbocycles. The van der Waals surface area contributed by atoms with Gasteiger partial charge in [-0.2, -0.15) is 0 Å². The van der Waals surface area contributed by atoms with E-state index >= 15 is 0 Å². The highest BCUT2D eigenvalue weighted by atomic mass is 31.2. The van der Waals surface area contributed by atoms with Gasteiger partial charge in [0.1, 0.15) is 12.7 Å². The zero-order chi connectivity index (χ0) is 39.8. The highest BCUT2D eigenvalue weighted by Crippen LogP contribution is 2.43. The van der Waals surface area contributed by atoms with Crippen LogP contribution in [-0.4, -0.2) is 76.1 Å². The first-order valence-corrected chi connectivity index (χ1v) is 22.4. The Bertz CT molecular complexity index is 1120. The lowest BCUT2D eigenvalue weighted by molar-refractivity contribution is -0.161. The number of phosphoric ester groups is 2. The highest BCUT2D eigenvalue weighted by Gasteiger charge is 2.28. The normalized spacial score (nSPS) is 14.5. The number of rotatable bonds is 36. The van der Waals surface area contributed by atoms with E-state index < -0.39 is 66.2 Å². The zero-order valence-corrected chi connectivity index (χ0v) is 34.1. The molecule has 0 saturated heterocycles. The van der Waals surface area contributed by atoms with Gasteiger partial charge in [0.15, 0.2) is 11.9 Å². The average Bonchev–Trinajstić information content (AvgIpc) is 3.09. The van der Waals surface area contributed by atoms with Crippen LogP contribution < -0.4 is 0 Å². The van der Waals surface area contributed by atoms with Crippen molar-refractivity contribution in [2.24, 2.45) is 5.92 Å². The molecule has 14 nitrogen and oxygen atoms in total. The van der Waals surface area contributed by atoms with E-state index in [1.54, 1.807) is 12.2 Å². The maximum Gasteiger partial charge on any atom is 0.472 e. The van der Waals surface area contributed by atoms with Gasteiger partial charge in [0.25, 0.3) is 0 Å². The smallest absolute Gasteiger partial charge is 0.462 e. The number of aliphatic hydroxyl groups is 1. The predicted octanol–water partition coefficient (Wildman–Crippen LogP) is 8.20. The van der Waals surface area contributed by atoms with Crippen LogP contribution >= 0.6 is 15.6 Å². The van der Waals surface area contributed by atoms with Gasteiger partial charge in [-0.1, -0.05) is 116 Å². The van der Waals surface area contributed by atoms with Crippen molar-refractivity contribution in [2.75, 3.05) is 26.4 Å². The molecular formula is C37H68O14P2. The van der Waals surface area contributed by atoms with E-state index in [0.29, 0.717) is 19.3 Å². The van der Waals surface area contributed by atoms with Crippen molar-refractivity contribution >= 4 is 33.4 Å². The second kappa shape index (κ2) is 32.5. The molecule has 310 valence electrons. The van der Waals surface area contributed by atoms with Crippen LogP contribution in [-0.2, 0) is 46.6 Å². The largest absolute Gasteiger partial charge is 0.472 e. The average molecular weight is 799 g/mol. The minimum Gasteiger partial charge on any atom is -0.462 e. The number of aliphatic hydroxyl groups excluding tert-OH is 1. The minimum atomic E-state index is -4.87. The summed E-state index contributed by atoms with van der Waals surface area (Å²) in [5.41, 5.74) is 0. The lowest BCUT2D eigenvalue weighted by atomic mass is 10.0. The lowest BCUT2D eigenvalue weighted by Gasteiger charge is -2.20. The van der Waals surface area contributed by atoms with E-state index in [0.717, 1.165) is 76.5 Å². The minimum absolute atomic E-state index is 0.0813. The summed E-state index contributed by atoms with van der Waals surface area (Å²) >= 11 is 0. The van der Waals surface area contributed by atoms with Crippen molar-refractivity contribution in [1.82, 2.24) is 0 Å². The van der Waals surface area contributed by atoms with Crippen LogP contribution in [0.25, 0.3) is 0 Å². The van der Waals surface area contributed by atoms with Crippen LogP contribution in [0.3, 0.4) is 0 Å². The van der Waals surface area contributed by atoms with Crippen LogP contribution in [0.5, 0.6) is 0 Å². The van der Waals surface area contributed by atoms with Gasteiger partial charge in [0.2, 0.25) is 0 Å². The molecule has 4 N–H and O–H groups in total. The fourth-order valence-electron chi connectivity index (χ4n) is 4.98. The van der Waals surface area contributed by atoms with Crippen LogP contribution in [0.1, 0.15) is 149 Å². The quantitative estimate of drug-likeness (QED) is 0.0155. The summed E-state index contributed by atoms with van der Waals surface area (Å²) in [4.78, 5) is 64.1. The number of allylic oxidation sites excluding steroid dienone is 4. The van der Waals surface area contributed by atoms with Crippen LogP contribution in [0.15, 0.2) is 24.3 Å². The Morgan fingerprint density at radius 1 is 0.642 bits per heavy atom. The van der Waals surface area contributed by atoms with Gasteiger partial charge in [-0.15, -0.1) is 0 Å². The Kier molecular flexibility index (Phi) is 31.4. The van der Waals surface area contributed by atoms with Crippen LogP contribution in [0.2, 0.25) is 0 Å². The molecule has 0 amide bonds. The summed E-state index contributed by atoms with van der Waals surface area (Å²) < 4.78 is 47.5. The van der Waals surface area contributed by atoms with Crippen molar-refractivity contribution in [2.45, 2.75) is 161 Å². The lowest BCUT2D eigenvalue weighted by Crippen LogP contribution is -2.30. The van der Waals surface area contributed by atoms with E-state index in [1.165, 1.54) is 25.7 Å². The topological polar surface area (TPSA) is 212 Å². The van der Waals surface area contributed by atoms with Crippen LogP contribution in [0, 0.1) is 5.92 Å². The van der Waals surface area contributed by atoms with Crippen molar-refractivity contribution in [3.05, 3.63) is 24.3 Å². The summed E-state index contributed by atoms with van der Waals surface area (Å²) in [6, 6.07) is 0. The number of hydrogen-bond donors (Lipinski definition) is 4. The molecular weight excluding hydrogens is 730 g/mol. The van der Waals surface area contributed by atoms with Crippen molar-refractivity contribution in [3.8, 4) is 0 Å². The first-order valence-electron chi connectivity index (χ1n) is 19.3. The Hall–Kier alpha value is -1.73. The number of ether oxygens (including phenoxy) is 2. The second-order valence-electron chi connectivity index (χ2n) is 13.7. The molecule has 0 bridgehead atoms. The maximum absolute atomic E-state index is 12.6. The van der Waals surface area contributed by atoms with Crippen molar-refractivity contribution < 1.29 is 66.3 Å². The first-order chi connectivity index (χ1) is 25.1. The van der Waals surface area contributed by atoms with E-state index in [4.69, 9.17) is 23.8 Å². The van der Waals surface area contributed by atoms with Gasteiger partial charge in [0.05, 0.1) is 19.8 Å². The molecule has 53 heavy (non-hydrogen) atoms. The fraction of sp³-hybridized carbons (Fsp3) is 0.811. The number of hydrogen-bond acceptors (Lipinski definition) is 11. The summed E-state index contributed by atoms with van der Waals surface area (Å²) in [5.74, 6) is -0.234. The highest BCUT2D eigenvalue weighted by molar-refractivity contribution is 7.47. The third-order valence-electron chi connectivity index (χ3n) is 7.99.